The van der Waals surface area contributed by atoms with Gasteiger partial charge in [-0.15, -0.1) is 11.3 Å². The molecule has 30 heavy (non-hydrogen) atoms. The van der Waals surface area contributed by atoms with E-state index in [2.05, 4.69) is 63.4 Å². The second-order valence-corrected chi connectivity index (χ2v) is 10.9. The minimum Gasteiger partial charge on any atom is -0.330 e. The third-order valence-electron chi connectivity index (χ3n) is 5.97. The molecule has 2 heterocycles. The molecule has 0 saturated heterocycles. The van der Waals surface area contributed by atoms with E-state index in [4.69, 9.17) is 0 Å². The molecule has 1 atom stereocenters. The molecule has 1 fully saturated rings. The van der Waals surface area contributed by atoms with Crippen molar-refractivity contribution < 1.29 is 9.59 Å². The predicted octanol–water partition coefficient (Wildman–Crippen LogP) is 4.96. The number of carbonyl (C=O) groups is 2. The molecule has 5 heteroatoms. The van der Waals surface area contributed by atoms with E-state index in [1.54, 1.807) is 11.3 Å². The average molecular weight is 425 g/mol. The zero-order valence-corrected chi connectivity index (χ0v) is 19.3. The third kappa shape index (κ3) is 4.61. The van der Waals surface area contributed by atoms with Gasteiger partial charge < -0.3 is 9.80 Å². The van der Waals surface area contributed by atoms with Crippen LogP contribution in [0.5, 0.6) is 0 Å². The fourth-order valence-corrected chi connectivity index (χ4v) is 5.20. The van der Waals surface area contributed by atoms with Crippen molar-refractivity contribution in [1.82, 2.24) is 9.80 Å². The van der Waals surface area contributed by atoms with E-state index in [1.807, 2.05) is 9.80 Å². The van der Waals surface area contributed by atoms with Gasteiger partial charge in [0.25, 0.3) is 0 Å². The SMILES string of the molecule is Cc1ccc(C2c3ccsc3CCN2C(=O)CN(C(=O)CC(C)(C)C)C2CC2)cc1. The number of nitrogens with zero attached hydrogens (tertiary/aromatic N) is 2. The largest absolute Gasteiger partial charge is 0.330 e. The Balaban J connectivity index is 1.58. The summed E-state index contributed by atoms with van der Waals surface area (Å²) in [5, 5.41) is 2.13. The number of fused-ring (bicyclic) bond motifs is 1. The fourth-order valence-electron chi connectivity index (χ4n) is 4.29. The Morgan fingerprint density at radius 1 is 1.13 bits per heavy atom. The molecule has 4 nitrogen and oxygen atoms in total. The first kappa shape index (κ1) is 21.1. The van der Waals surface area contributed by atoms with Gasteiger partial charge in [-0.3, -0.25) is 9.59 Å². The number of benzene rings is 1. The molecular weight excluding hydrogens is 392 g/mol. The molecule has 4 rings (SSSR count). The van der Waals surface area contributed by atoms with Crippen molar-refractivity contribution in [3.05, 3.63) is 57.3 Å². The van der Waals surface area contributed by atoms with Crippen LogP contribution in [0.15, 0.2) is 35.7 Å². The topological polar surface area (TPSA) is 40.6 Å². The van der Waals surface area contributed by atoms with E-state index in [-0.39, 0.29) is 35.9 Å². The number of hydrogen-bond acceptors (Lipinski definition) is 3. The van der Waals surface area contributed by atoms with Crippen LogP contribution in [0.2, 0.25) is 0 Å². The highest BCUT2D eigenvalue weighted by Crippen LogP contribution is 2.38. The molecule has 1 aliphatic carbocycles. The van der Waals surface area contributed by atoms with Crippen molar-refractivity contribution in [3.8, 4) is 0 Å². The van der Waals surface area contributed by atoms with Gasteiger partial charge >= 0.3 is 0 Å². The molecule has 160 valence electrons. The lowest BCUT2D eigenvalue weighted by atomic mass is 9.91. The van der Waals surface area contributed by atoms with Crippen molar-refractivity contribution in [2.45, 2.75) is 65.5 Å². The monoisotopic (exact) mass is 424 g/mol. The maximum atomic E-state index is 13.5. The van der Waals surface area contributed by atoms with Crippen LogP contribution in [0.3, 0.4) is 0 Å². The van der Waals surface area contributed by atoms with Gasteiger partial charge in [0.05, 0.1) is 6.04 Å². The third-order valence-corrected chi connectivity index (χ3v) is 6.97. The van der Waals surface area contributed by atoms with Crippen LogP contribution >= 0.6 is 11.3 Å². The highest BCUT2D eigenvalue weighted by Gasteiger charge is 2.38. The van der Waals surface area contributed by atoms with Gasteiger partial charge in [-0.1, -0.05) is 50.6 Å². The molecule has 1 aromatic heterocycles. The Kier molecular flexibility index (Phi) is 5.75. The molecule has 0 N–H and O–H groups in total. The van der Waals surface area contributed by atoms with Crippen LogP contribution < -0.4 is 0 Å². The van der Waals surface area contributed by atoms with Gasteiger partial charge in [-0.05, 0) is 54.2 Å². The van der Waals surface area contributed by atoms with Crippen molar-refractivity contribution in [3.63, 3.8) is 0 Å². The van der Waals surface area contributed by atoms with Gasteiger partial charge in [0.2, 0.25) is 11.8 Å². The Morgan fingerprint density at radius 3 is 2.47 bits per heavy atom. The van der Waals surface area contributed by atoms with E-state index in [9.17, 15) is 9.59 Å². The summed E-state index contributed by atoms with van der Waals surface area (Å²) < 4.78 is 0. The maximum Gasteiger partial charge on any atom is 0.243 e. The van der Waals surface area contributed by atoms with Crippen LogP contribution in [0.4, 0.5) is 0 Å². The lowest BCUT2D eigenvalue weighted by Gasteiger charge is -2.38. The number of thiophene rings is 1. The van der Waals surface area contributed by atoms with E-state index in [0.717, 1.165) is 24.8 Å². The molecule has 2 amide bonds. The first-order valence-corrected chi connectivity index (χ1v) is 11.8. The maximum absolute atomic E-state index is 13.5. The summed E-state index contributed by atoms with van der Waals surface area (Å²) in [4.78, 5) is 31.7. The van der Waals surface area contributed by atoms with Crippen LogP contribution in [0, 0.1) is 12.3 Å². The molecule has 2 aromatic rings. The standard InChI is InChI=1S/C25H32N2O2S/c1-17-5-7-18(8-6-17)24-20-12-14-30-21(20)11-13-26(24)23(29)16-27(19-9-10-19)22(28)15-25(2,3)4/h5-8,12,14,19,24H,9-11,13,15-16H2,1-4H3. The molecule has 1 aliphatic heterocycles. The minimum atomic E-state index is -0.0750. The quantitative estimate of drug-likeness (QED) is 0.681. The van der Waals surface area contributed by atoms with Gasteiger partial charge in [0.1, 0.15) is 6.54 Å². The second-order valence-electron chi connectivity index (χ2n) is 9.94. The molecule has 0 spiro atoms. The molecule has 0 bridgehead atoms. The smallest absolute Gasteiger partial charge is 0.243 e. The summed E-state index contributed by atoms with van der Waals surface area (Å²) in [5.41, 5.74) is 3.52. The van der Waals surface area contributed by atoms with Crippen LogP contribution in [-0.2, 0) is 16.0 Å². The summed E-state index contributed by atoms with van der Waals surface area (Å²) in [7, 11) is 0. The Bertz CT molecular complexity index is 921. The minimum absolute atomic E-state index is 0.0617. The molecule has 0 radical (unpaired) electrons. The van der Waals surface area contributed by atoms with Gasteiger partial charge in [0, 0.05) is 23.9 Å². The number of hydrogen-bond donors (Lipinski definition) is 0. The average Bonchev–Trinajstić information content (AvgIpc) is 3.40. The normalized spacial score (nSPS) is 18.8. The lowest BCUT2D eigenvalue weighted by Crippen LogP contribution is -2.47. The predicted molar refractivity (Wildman–Crippen MR) is 122 cm³/mol. The van der Waals surface area contributed by atoms with Crippen LogP contribution in [-0.4, -0.2) is 40.7 Å². The summed E-state index contributed by atoms with van der Waals surface area (Å²) in [6.07, 6.45) is 3.39. The summed E-state index contributed by atoms with van der Waals surface area (Å²) in [6, 6.07) is 10.8. The zero-order valence-electron chi connectivity index (χ0n) is 18.5. The fraction of sp³-hybridized carbons (Fsp3) is 0.520. The molecular formula is C25H32N2O2S. The van der Waals surface area contributed by atoms with Gasteiger partial charge in [-0.25, -0.2) is 0 Å². The Morgan fingerprint density at radius 2 is 1.83 bits per heavy atom. The van der Waals surface area contributed by atoms with Crippen molar-refractivity contribution >= 4 is 23.2 Å². The van der Waals surface area contributed by atoms with Gasteiger partial charge in [-0.2, -0.15) is 0 Å². The number of rotatable bonds is 5. The number of amides is 2. The van der Waals surface area contributed by atoms with E-state index >= 15 is 0 Å². The highest BCUT2D eigenvalue weighted by atomic mass is 32.1. The highest BCUT2D eigenvalue weighted by molar-refractivity contribution is 7.10. The van der Waals surface area contributed by atoms with E-state index in [1.165, 1.54) is 16.0 Å². The van der Waals surface area contributed by atoms with Gasteiger partial charge in [0.15, 0.2) is 0 Å². The lowest BCUT2D eigenvalue weighted by molar-refractivity contribution is -0.143. The van der Waals surface area contributed by atoms with E-state index in [0.29, 0.717) is 13.0 Å². The molecule has 1 unspecified atom stereocenters. The van der Waals surface area contributed by atoms with Crippen molar-refractivity contribution in [2.24, 2.45) is 5.41 Å². The number of aryl methyl sites for hydroxylation is 1. The first-order valence-electron chi connectivity index (χ1n) is 10.9. The van der Waals surface area contributed by atoms with E-state index < -0.39 is 0 Å². The molecule has 2 aliphatic rings. The summed E-state index contributed by atoms with van der Waals surface area (Å²) >= 11 is 1.78. The zero-order chi connectivity index (χ0) is 21.5. The molecule has 1 aromatic carbocycles. The summed E-state index contributed by atoms with van der Waals surface area (Å²) in [5.74, 6) is 0.171. The van der Waals surface area contributed by atoms with Crippen LogP contribution in [0.25, 0.3) is 0 Å². The Hall–Kier alpha value is -2.14. The van der Waals surface area contributed by atoms with Crippen molar-refractivity contribution in [1.29, 1.82) is 0 Å². The number of carbonyl (C=O) groups excluding carboxylic acids is 2. The Labute approximate surface area is 183 Å². The molecule has 1 saturated carbocycles. The van der Waals surface area contributed by atoms with Crippen molar-refractivity contribution in [2.75, 3.05) is 13.1 Å². The first-order chi connectivity index (χ1) is 14.2. The van der Waals surface area contributed by atoms with Crippen LogP contribution in [0.1, 0.15) is 67.6 Å². The summed E-state index contributed by atoms with van der Waals surface area (Å²) in [6.45, 7) is 9.21. The second kappa shape index (κ2) is 8.18.